The highest BCUT2D eigenvalue weighted by atomic mass is 16.5. The summed E-state index contributed by atoms with van der Waals surface area (Å²) in [5.74, 6) is 0. The molecule has 0 aromatic heterocycles. The van der Waals surface area contributed by atoms with Crippen molar-refractivity contribution in [2.24, 2.45) is 0 Å². The molecule has 0 bridgehead atoms. The van der Waals surface area contributed by atoms with E-state index < -0.39 is 0 Å². The van der Waals surface area contributed by atoms with Gasteiger partial charge in [-0.05, 0) is 32.2 Å². The van der Waals surface area contributed by atoms with Crippen LogP contribution in [0.3, 0.4) is 0 Å². The lowest BCUT2D eigenvalue weighted by atomic mass is 10.2. The molecule has 15 heavy (non-hydrogen) atoms. The second-order valence-electron chi connectivity index (χ2n) is 4.13. The van der Waals surface area contributed by atoms with E-state index in [0.29, 0.717) is 6.04 Å². The van der Waals surface area contributed by atoms with Crippen molar-refractivity contribution in [3.63, 3.8) is 0 Å². The summed E-state index contributed by atoms with van der Waals surface area (Å²) in [6, 6.07) is 0.607. The van der Waals surface area contributed by atoms with Crippen molar-refractivity contribution < 1.29 is 9.47 Å². The maximum Gasteiger partial charge on any atom is 0.0487 e. The van der Waals surface area contributed by atoms with Gasteiger partial charge >= 0.3 is 0 Å². The van der Waals surface area contributed by atoms with E-state index >= 15 is 0 Å². The highest BCUT2D eigenvalue weighted by molar-refractivity contribution is 4.52. The molecule has 3 nitrogen and oxygen atoms in total. The molecule has 0 aromatic rings. The van der Waals surface area contributed by atoms with E-state index in [1.807, 2.05) is 0 Å². The topological polar surface area (TPSA) is 30.5 Å². The largest absolute Gasteiger partial charge is 0.385 e. The molecule has 0 atom stereocenters. The van der Waals surface area contributed by atoms with Crippen LogP contribution in [0.15, 0.2) is 0 Å². The molecule has 92 valence electrons. The van der Waals surface area contributed by atoms with Crippen molar-refractivity contribution in [3.8, 4) is 0 Å². The van der Waals surface area contributed by atoms with E-state index in [1.165, 1.54) is 19.3 Å². The Balaban J connectivity index is 2.87. The summed E-state index contributed by atoms with van der Waals surface area (Å²) < 4.78 is 10.4. The third-order valence-corrected chi connectivity index (χ3v) is 2.16. The Bertz CT molecular complexity index is 118. The van der Waals surface area contributed by atoms with Gasteiger partial charge in [0.2, 0.25) is 0 Å². The molecule has 1 N–H and O–H groups in total. The Kier molecular flexibility index (Phi) is 11.9. The second kappa shape index (κ2) is 12.0. The number of hydrogen-bond donors (Lipinski definition) is 1. The normalized spacial score (nSPS) is 11.2. The molecule has 0 heterocycles. The van der Waals surface area contributed by atoms with Gasteiger partial charge in [-0.15, -0.1) is 0 Å². The van der Waals surface area contributed by atoms with Gasteiger partial charge in [0.25, 0.3) is 0 Å². The molecule has 0 aromatic carbocycles. The van der Waals surface area contributed by atoms with Crippen LogP contribution in [0.2, 0.25) is 0 Å². The van der Waals surface area contributed by atoms with Crippen molar-refractivity contribution in [1.82, 2.24) is 5.32 Å². The summed E-state index contributed by atoms with van der Waals surface area (Å²) in [5, 5.41) is 3.41. The first-order valence-corrected chi connectivity index (χ1v) is 6.07. The molecule has 0 fully saturated rings. The van der Waals surface area contributed by atoms with E-state index in [4.69, 9.17) is 9.47 Å². The fourth-order valence-electron chi connectivity index (χ4n) is 1.30. The Labute approximate surface area is 94.5 Å². The molecule has 0 unspecified atom stereocenters. The molecule has 0 radical (unpaired) electrons. The van der Waals surface area contributed by atoms with Crippen LogP contribution in [0, 0.1) is 0 Å². The second-order valence-corrected chi connectivity index (χ2v) is 4.13. The van der Waals surface area contributed by atoms with Gasteiger partial charge in [-0.2, -0.15) is 0 Å². The van der Waals surface area contributed by atoms with Gasteiger partial charge in [0.1, 0.15) is 0 Å². The van der Waals surface area contributed by atoms with E-state index in [1.54, 1.807) is 7.11 Å². The average molecular weight is 217 g/mol. The fourth-order valence-corrected chi connectivity index (χ4v) is 1.30. The zero-order valence-corrected chi connectivity index (χ0v) is 10.6. The summed E-state index contributed by atoms with van der Waals surface area (Å²) in [5.41, 5.74) is 0. The highest BCUT2D eigenvalue weighted by Gasteiger charge is 1.93. The number of methoxy groups -OCH3 is 1. The minimum Gasteiger partial charge on any atom is -0.385 e. The third kappa shape index (κ3) is 13.9. The van der Waals surface area contributed by atoms with E-state index in [9.17, 15) is 0 Å². The van der Waals surface area contributed by atoms with Crippen molar-refractivity contribution in [3.05, 3.63) is 0 Å². The summed E-state index contributed by atoms with van der Waals surface area (Å²) >= 11 is 0. The summed E-state index contributed by atoms with van der Waals surface area (Å²) in [7, 11) is 1.72. The van der Waals surface area contributed by atoms with E-state index in [2.05, 4.69) is 19.2 Å². The van der Waals surface area contributed by atoms with Crippen LogP contribution in [0.4, 0.5) is 0 Å². The van der Waals surface area contributed by atoms with Crippen molar-refractivity contribution in [2.75, 3.05) is 33.5 Å². The molecular weight excluding hydrogens is 190 g/mol. The van der Waals surface area contributed by atoms with Crippen LogP contribution in [-0.2, 0) is 9.47 Å². The third-order valence-electron chi connectivity index (χ3n) is 2.16. The quantitative estimate of drug-likeness (QED) is 0.538. The lowest BCUT2D eigenvalue weighted by Gasteiger charge is -2.07. The standard InChI is InChI=1S/C12H27NO2/c1-12(2)13-8-5-4-6-10-15-11-7-9-14-3/h12-13H,4-11H2,1-3H3. The van der Waals surface area contributed by atoms with Crippen LogP contribution < -0.4 is 5.32 Å². The van der Waals surface area contributed by atoms with Crippen LogP contribution in [0.25, 0.3) is 0 Å². The maximum absolute atomic E-state index is 5.46. The molecule has 0 aliphatic carbocycles. The molecule has 3 heteroatoms. The van der Waals surface area contributed by atoms with Crippen LogP contribution in [-0.4, -0.2) is 39.5 Å². The van der Waals surface area contributed by atoms with Crippen LogP contribution >= 0.6 is 0 Å². The van der Waals surface area contributed by atoms with Crippen molar-refractivity contribution >= 4 is 0 Å². The molecule has 0 saturated carbocycles. The molecule has 0 spiro atoms. The van der Waals surface area contributed by atoms with Gasteiger partial charge in [0.15, 0.2) is 0 Å². The van der Waals surface area contributed by atoms with Gasteiger partial charge < -0.3 is 14.8 Å². The Morgan fingerprint density at radius 3 is 2.33 bits per heavy atom. The summed E-state index contributed by atoms with van der Waals surface area (Å²) in [4.78, 5) is 0. The molecule has 0 rings (SSSR count). The summed E-state index contributed by atoms with van der Waals surface area (Å²) in [6.07, 6.45) is 4.68. The SMILES string of the molecule is COCCCOCCCCCNC(C)C. The van der Waals surface area contributed by atoms with Gasteiger partial charge in [0.05, 0.1) is 0 Å². The Morgan fingerprint density at radius 1 is 0.933 bits per heavy atom. The number of nitrogens with one attached hydrogen (secondary N) is 1. The Hall–Kier alpha value is -0.120. The molecule has 0 aliphatic rings. The first-order chi connectivity index (χ1) is 7.27. The monoisotopic (exact) mass is 217 g/mol. The molecular formula is C12H27NO2. The smallest absolute Gasteiger partial charge is 0.0487 e. The molecule has 0 saturated heterocycles. The van der Waals surface area contributed by atoms with Crippen molar-refractivity contribution in [1.29, 1.82) is 0 Å². The predicted molar refractivity (Wildman–Crippen MR) is 64.3 cm³/mol. The zero-order valence-electron chi connectivity index (χ0n) is 10.6. The summed E-state index contributed by atoms with van der Waals surface area (Å²) in [6.45, 7) is 8.01. The van der Waals surface area contributed by atoms with Gasteiger partial charge in [-0.1, -0.05) is 13.8 Å². The predicted octanol–water partition coefficient (Wildman–Crippen LogP) is 2.21. The minimum atomic E-state index is 0.607. The maximum atomic E-state index is 5.46. The number of unbranched alkanes of at least 4 members (excludes halogenated alkanes) is 2. The van der Waals surface area contributed by atoms with Crippen LogP contribution in [0.1, 0.15) is 39.5 Å². The van der Waals surface area contributed by atoms with Gasteiger partial charge in [0, 0.05) is 33.0 Å². The van der Waals surface area contributed by atoms with Crippen molar-refractivity contribution in [2.45, 2.75) is 45.6 Å². The Morgan fingerprint density at radius 2 is 1.67 bits per heavy atom. The van der Waals surface area contributed by atoms with E-state index in [-0.39, 0.29) is 0 Å². The van der Waals surface area contributed by atoms with Crippen LogP contribution in [0.5, 0.6) is 0 Å². The first-order valence-electron chi connectivity index (χ1n) is 6.07. The number of ether oxygens (including phenoxy) is 2. The average Bonchev–Trinajstić information content (AvgIpc) is 2.20. The number of hydrogen-bond acceptors (Lipinski definition) is 3. The lowest BCUT2D eigenvalue weighted by molar-refractivity contribution is 0.100. The highest BCUT2D eigenvalue weighted by Crippen LogP contribution is 1.96. The molecule has 0 aliphatic heterocycles. The zero-order chi connectivity index (χ0) is 11.4. The number of rotatable bonds is 11. The lowest BCUT2D eigenvalue weighted by Crippen LogP contribution is -2.23. The first kappa shape index (κ1) is 14.9. The fraction of sp³-hybridized carbons (Fsp3) is 1.00. The van der Waals surface area contributed by atoms with E-state index in [0.717, 1.165) is 32.8 Å². The minimum absolute atomic E-state index is 0.607. The van der Waals surface area contributed by atoms with Gasteiger partial charge in [-0.25, -0.2) is 0 Å². The van der Waals surface area contributed by atoms with Gasteiger partial charge in [-0.3, -0.25) is 0 Å². The molecule has 0 amide bonds.